The van der Waals surface area contributed by atoms with Crippen LogP contribution in [0.5, 0.6) is 5.75 Å². The number of nitrogens with zero attached hydrogens (tertiary/aromatic N) is 3. The Kier molecular flexibility index (Phi) is 3.97. The zero-order valence-corrected chi connectivity index (χ0v) is 16.4. The summed E-state index contributed by atoms with van der Waals surface area (Å²) in [5, 5.41) is 7.08. The molecule has 3 heterocycles. The van der Waals surface area contributed by atoms with E-state index in [1.807, 2.05) is 24.3 Å². The van der Waals surface area contributed by atoms with Crippen LogP contribution in [0.4, 0.5) is 0 Å². The first-order valence-corrected chi connectivity index (χ1v) is 9.77. The van der Waals surface area contributed by atoms with Gasteiger partial charge in [-0.1, -0.05) is 45.8 Å². The highest BCUT2D eigenvalue weighted by Gasteiger charge is 2.41. The normalized spacial score (nSPS) is 20.5. The molecule has 0 unspecified atom stereocenters. The van der Waals surface area contributed by atoms with Crippen LogP contribution in [0.25, 0.3) is 0 Å². The molecule has 0 N–H and O–H groups in total. The minimum atomic E-state index is -0.255. The van der Waals surface area contributed by atoms with E-state index in [4.69, 9.17) is 9.84 Å². The van der Waals surface area contributed by atoms with Gasteiger partial charge in [0.15, 0.2) is 0 Å². The first-order valence-electron chi connectivity index (χ1n) is 8.98. The lowest BCUT2D eigenvalue weighted by Gasteiger charge is -2.38. The number of benzene rings is 2. The first kappa shape index (κ1) is 16.5. The number of ether oxygens (including phenoxy) is 1. The summed E-state index contributed by atoms with van der Waals surface area (Å²) in [4.78, 5) is 4.14. The van der Waals surface area contributed by atoms with Gasteiger partial charge < -0.3 is 4.74 Å². The molecule has 0 saturated heterocycles. The number of hydrogen-bond donors (Lipinski definition) is 0. The van der Waals surface area contributed by atoms with E-state index >= 15 is 0 Å². The minimum absolute atomic E-state index is 0.153. The average molecular weight is 420 g/mol. The topological polar surface area (TPSA) is 37.7 Å². The highest BCUT2D eigenvalue weighted by molar-refractivity contribution is 9.10. The van der Waals surface area contributed by atoms with Crippen LogP contribution in [-0.2, 0) is 0 Å². The van der Waals surface area contributed by atoms with Gasteiger partial charge in [0.25, 0.3) is 0 Å². The zero-order chi connectivity index (χ0) is 18.4. The van der Waals surface area contributed by atoms with Crippen LogP contribution < -0.4 is 4.74 Å². The number of aryl methyl sites for hydroxylation is 1. The molecule has 0 fully saturated rings. The van der Waals surface area contributed by atoms with Gasteiger partial charge in [0.1, 0.15) is 5.75 Å². The fourth-order valence-electron chi connectivity index (χ4n) is 3.73. The van der Waals surface area contributed by atoms with Gasteiger partial charge in [-0.2, -0.15) is 5.10 Å². The summed E-state index contributed by atoms with van der Waals surface area (Å²) in [5.41, 5.74) is 5.73. The van der Waals surface area contributed by atoms with E-state index in [0.29, 0.717) is 0 Å². The summed E-state index contributed by atoms with van der Waals surface area (Å²) in [6, 6.07) is 18.9. The monoisotopic (exact) mass is 419 g/mol. The number of fused-ring (bicyclic) bond motifs is 3. The molecule has 0 saturated carbocycles. The van der Waals surface area contributed by atoms with E-state index in [2.05, 4.69) is 63.2 Å². The van der Waals surface area contributed by atoms with E-state index in [1.54, 1.807) is 12.4 Å². The standard InChI is InChI=1S/C22H18BrN3O/c1-14-2-4-15(5-3-14)19-13-20-18-12-17(23)6-7-21(18)27-22(26(20)25-19)16-8-10-24-11-9-16/h2-12,20,22H,13H2,1H3/t20-,22-/m1/s1. The Morgan fingerprint density at radius 2 is 1.81 bits per heavy atom. The third-order valence-electron chi connectivity index (χ3n) is 5.13. The Labute approximate surface area is 166 Å². The van der Waals surface area contributed by atoms with Crippen molar-refractivity contribution in [1.82, 2.24) is 9.99 Å². The van der Waals surface area contributed by atoms with E-state index < -0.39 is 0 Å². The van der Waals surface area contributed by atoms with Crippen LogP contribution in [0.2, 0.25) is 0 Å². The fraction of sp³-hybridized carbons (Fsp3) is 0.182. The summed E-state index contributed by atoms with van der Waals surface area (Å²) in [6.07, 6.45) is 4.20. The Morgan fingerprint density at radius 1 is 1.04 bits per heavy atom. The quantitative estimate of drug-likeness (QED) is 0.558. The number of hydrogen-bond acceptors (Lipinski definition) is 4. The molecule has 27 heavy (non-hydrogen) atoms. The van der Waals surface area contributed by atoms with Crippen LogP contribution in [0.1, 0.15) is 40.9 Å². The van der Waals surface area contributed by atoms with Gasteiger partial charge in [-0.15, -0.1) is 0 Å². The molecule has 2 aliphatic rings. The van der Waals surface area contributed by atoms with Crippen LogP contribution in [0.15, 0.2) is 76.6 Å². The third-order valence-corrected chi connectivity index (χ3v) is 5.62. The second-order valence-corrected chi connectivity index (χ2v) is 7.86. The largest absolute Gasteiger partial charge is 0.464 e. The Morgan fingerprint density at radius 3 is 2.59 bits per heavy atom. The van der Waals surface area contributed by atoms with Crippen LogP contribution in [-0.4, -0.2) is 15.7 Å². The van der Waals surface area contributed by atoms with Crippen molar-refractivity contribution in [2.75, 3.05) is 0 Å². The predicted molar refractivity (Wildman–Crippen MR) is 109 cm³/mol. The van der Waals surface area contributed by atoms with Crippen LogP contribution >= 0.6 is 15.9 Å². The van der Waals surface area contributed by atoms with Gasteiger partial charge in [-0.25, -0.2) is 5.01 Å². The average Bonchev–Trinajstić information content (AvgIpc) is 3.14. The Hall–Kier alpha value is -2.66. The van der Waals surface area contributed by atoms with E-state index in [1.165, 1.54) is 16.7 Å². The molecule has 0 spiro atoms. The number of pyridine rings is 1. The summed E-state index contributed by atoms with van der Waals surface area (Å²) in [5.74, 6) is 0.918. The van der Waals surface area contributed by atoms with Gasteiger partial charge in [0, 0.05) is 34.4 Å². The Bertz CT molecular complexity index is 1020. The maximum Gasteiger partial charge on any atom is 0.213 e. The third kappa shape index (κ3) is 2.92. The molecule has 5 heteroatoms. The number of rotatable bonds is 2. The first-order chi connectivity index (χ1) is 13.2. The molecule has 1 aromatic heterocycles. The van der Waals surface area contributed by atoms with Gasteiger partial charge in [0.2, 0.25) is 6.23 Å². The van der Waals surface area contributed by atoms with E-state index in [-0.39, 0.29) is 12.3 Å². The summed E-state index contributed by atoms with van der Waals surface area (Å²) in [6.45, 7) is 2.10. The molecule has 3 aromatic rings. The van der Waals surface area contributed by atoms with Crippen molar-refractivity contribution in [1.29, 1.82) is 0 Å². The lowest BCUT2D eigenvalue weighted by atomic mass is 9.96. The highest BCUT2D eigenvalue weighted by Crippen LogP contribution is 2.48. The fourth-order valence-corrected chi connectivity index (χ4v) is 4.11. The lowest BCUT2D eigenvalue weighted by Crippen LogP contribution is -2.33. The zero-order valence-electron chi connectivity index (χ0n) is 14.8. The molecule has 0 radical (unpaired) electrons. The van der Waals surface area contributed by atoms with Gasteiger partial charge in [-0.05, 0) is 42.8 Å². The summed E-state index contributed by atoms with van der Waals surface area (Å²) in [7, 11) is 0. The van der Waals surface area contributed by atoms with Crippen molar-refractivity contribution in [3.8, 4) is 5.75 Å². The lowest BCUT2D eigenvalue weighted by molar-refractivity contribution is -0.0191. The molecule has 5 rings (SSSR count). The van der Waals surface area contributed by atoms with Crippen molar-refractivity contribution in [3.63, 3.8) is 0 Å². The summed E-state index contributed by atoms with van der Waals surface area (Å²) >= 11 is 3.60. The smallest absolute Gasteiger partial charge is 0.213 e. The van der Waals surface area contributed by atoms with Crippen molar-refractivity contribution in [2.24, 2.45) is 5.10 Å². The van der Waals surface area contributed by atoms with Gasteiger partial charge in [-0.3, -0.25) is 4.98 Å². The molecule has 0 amide bonds. The van der Waals surface area contributed by atoms with E-state index in [0.717, 1.165) is 27.9 Å². The van der Waals surface area contributed by atoms with Gasteiger partial charge >= 0.3 is 0 Å². The minimum Gasteiger partial charge on any atom is -0.464 e. The van der Waals surface area contributed by atoms with Crippen molar-refractivity contribution in [3.05, 3.63) is 93.7 Å². The molecule has 0 bridgehead atoms. The second kappa shape index (κ2) is 6.50. The molecule has 2 atom stereocenters. The Balaban J connectivity index is 1.60. The maximum atomic E-state index is 6.36. The maximum absolute atomic E-state index is 6.36. The number of hydrazone groups is 1. The SMILES string of the molecule is Cc1ccc(C2=NN3[C@H](C2)c2cc(Br)ccc2O[C@@H]3c2ccncc2)cc1. The van der Waals surface area contributed by atoms with Crippen LogP contribution in [0.3, 0.4) is 0 Å². The number of halogens is 1. The molecule has 2 aromatic carbocycles. The predicted octanol–water partition coefficient (Wildman–Crippen LogP) is 5.39. The number of aromatic nitrogens is 1. The van der Waals surface area contributed by atoms with Crippen molar-refractivity contribution < 1.29 is 4.74 Å². The van der Waals surface area contributed by atoms with Gasteiger partial charge in [0.05, 0.1) is 11.8 Å². The van der Waals surface area contributed by atoms with Crippen molar-refractivity contribution >= 4 is 21.6 Å². The summed E-state index contributed by atoms with van der Waals surface area (Å²) < 4.78 is 7.41. The molecule has 0 aliphatic carbocycles. The molecular formula is C22H18BrN3O. The molecule has 4 nitrogen and oxygen atoms in total. The molecule has 134 valence electrons. The second-order valence-electron chi connectivity index (χ2n) is 6.95. The highest BCUT2D eigenvalue weighted by atomic mass is 79.9. The van der Waals surface area contributed by atoms with Crippen molar-refractivity contribution in [2.45, 2.75) is 25.6 Å². The van der Waals surface area contributed by atoms with E-state index in [9.17, 15) is 0 Å². The molecule has 2 aliphatic heterocycles. The van der Waals surface area contributed by atoms with Crippen LogP contribution in [0, 0.1) is 6.92 Å². The molecular weight excluding hydrogens is 402 g/mol.